The van der Waals surface area contributed by atoms with Crippen molar-refractivity contribution in [2.45, 2.75) is 32.7 Å². The van der Waals surface area contributed by atoms with E-state index in [1.165, 1.54) is 4.31 Å². The molecule has 122 valence electrons. The van der Waals surface area contributed by atoms with Crippen molar-refractivity contribution in [1.82, 2.24) is 23.9 Å². The monoisotopic (exact) mass is 317 g/mol. The van der Waals surface area contributed by atoms with Crippen molar-refractivity contribution < 1.29 is 8.42 Å². The highest BCUT2D eigenvalue weighted by atomic mass is 32.2. The van der Waals surface area contributed by atoms with Crippen molar-refractivity contribution in [2.24, 2.45) is 0 Å². The number of aryl methyl sites for hydroxylation is 1. The summed E-state index contributed by atoms with van der Waals surface area (Å²) in [5.74, 6) is 0. The quantitative estimate of drug-likeness (QED) is 0.548. The summed E-state index contributed by atoms with van der Waals surface area (Å²) in [6.07, 6.45) is 7.95. The lowest BCUT2D eigenvalue weighted by atomic mass is 10.3. The molecule has 0 amide bonds. The molecule has 21 heavy (non-hydrogen) atoms. The van der Waals surface area contributed by atoms with Crippen molar-refractivity contribution in [3.63, 3.8) is 0 Å². The van der Waals surface area contributed by atoms with E-state index >= 15 is 0 Å². The Hall–Kier alpha value is -0.960. The Morgan fingerprint density at radius 1 is 1.24 bits per heavy atom. The summed E-state index contributed by atoms with van der Waals surface area (Å²) in [6.45, 7) is 5.63. The first-order valence-electron chi connectivity index (χ1n) is 7.43. The van der Waals surface area contributed by atoms with E-state index in [1.807, 2.05) is 17.7 Å². The Bertz CT molecular complexity index is 461. The summed E-state index contributed by atoms with van der Waals surface area (Å²) in [5.41, 5.74) is 0. The molecule has 0 aliphatic rings. The van der Waals surface area contributed by atoms with Gasteiger partial charge in [0.05, 0.1) is 6.33 Å². The molecule has 0 radical (unpaired) electrons. The van der Waals surface area contributed by atoms with Crippen molar-refractivity contribution >= 4 is 10.2 Å². The third-order valence-electron chi connectivity index (χ3n) is 3.17. The van der Waals surface area contributed by atoms with Crippen LogP contribution in [-0.2, 0) is 16.8 Å². The highest BCUT2D eigenvalue weighted by molar-refractivity contribution is 7.87. The second-order valence-corrected chi connectivity index (χ2v) is 6.80. The average molecular weight is 317 g/mol. The lowest BCUT2D eigenvalue weighted by Gasteiger charge is -2.17. The van der Waals surface area contributed by atoms with Gasteiger partial charge >= 0.3 is 0 Å². The molecule has 1 heterocycles. The summed E-state index contributed by atoms with van der Waals surface area (Å²) in [5, 5.41) is 3.18. The molecule has 2 N–H and O–H groups in total. The van der Waals surface area contributed by atoms with Crippen LogP contribution in [0.25, 0.3) is 0 Å². The number of hydrogen-bond acceptors (Lipinski definition) is 4. The van der Waals surface area contributed by atoms with Gasteiger partial charge in [-0.2, -0.15) is 12.7 Å². The highest BCUT2D eigenvalue weighted by Crippen LogP contribution is 1.98. The van der Waals surface area contributed by atoms with Gasteiger partial charge < -0.3 is 9.88 Å². The topological polar surface area (TPSA) is 79.3 Å². The first-order valence-corrected chi connectivity index (χ1v) is 8.87. The molecule has 7 nitrogen and oxygen atoms in total. The molecule has 1 aromatic heterocycles. The molecular weight excluding hydrogens is 290 g/mol. The van der Waals surface area contributed by atoms with Crippen LogP contribution < -0.4 is 10.0 Å². The maximum atomic E-state index is 12.0. The van der Waals surface area contributed by atoms with E-state index in [0.717, 1.165) is 38.9 Å². The molecule has 8 heteroatoms. The minimum Gasteiger partial charge on any atom is -0.337 e. The van der Waals surface area contributed by atoms with E-state index in [1.54, 1.807) is 19.6 Å². The largest absolute Gasteiger partial charge is 0.337 e. The van der Waals surface area contributed by atoms with Gasteiger partial charge in [0.15, 0.2) is 0 Å². The Morgan fingerprint density at radius 2 is 2.05 bits per heavy atom. The predicted octanol–water partition coefficient (Wildman–Crippen LogP) is 0.429. The van der Waals surface area contributed by atoms with Gasteiger partial charge in [-0.05, 0) is 32.4 Å². The van der Waals surface area contributed by atoms with Crippen molar-refractivity contribution in [1.29, 1.82) is 0 Å². The maximum absolute atomic E-state index is 12.0. The van der Waals surface area contributed by atoms with Crippen LogP contribution in [0.5, 0.6) is 0 Å². The van der Waals surface area contributed by atoms with E-state index in [-0.39, 0.29) is 0 Å². The van der Waals surface area contributed by atoms with Crippen molar-refractivity contribution in [3.8, 4) is 0 Å². The van der Waals surface area contributed by atoms with Crippen LogP contribution in [0.2, 0.25) is 0 Å². The molecular formula is C13H27N5O2S. The molecule has 0 unspecified atom stereocenters. The number of nitrogens with one attached hydrogen (secondary N) is 2. The smallest absolute Gasteiger partial charge is 0.279 e. The Balaban J connectivity index is 2.13. The third kappa shape index (κ3) is 7.56. The van der Waals surface area contributed by atoms with Crippen LogP contribution in [-0.4, -0.2) is 55.5 Å². The molecule has 0 aliphatic carbocycles. The fourth-order valence-corrected chi connectivity index (χ4v) is 2.87. The number of nitrogens with zero attached hydrogens (tertiary/aromatic N) is 3. The van der Waals surface area contributed by atoms with Crippen molar-refractivity contribution in [3.05, 3.63) is 18.7 Å². The summed E-state index contributed by atoms with van der Waals surface area (Å²) < 4.78 is 29.9. The van der Waals surface area contributed by atoms with Crippen LogP contribution in [0, 0.1) is 0 Å². The van der Waals surface area contributed by atoms with E-state index in [4.69, 9.17) is 0 Å². The lowest BCUT2D eigenvalue weighted by molar-refractivity contribution is 0.444. The van der Waals surface area contributed by atoms with Gasteiger partial charge in [-0.15, -0.1) is 0 Å². The van der Waals surface area contributed by atoms with Gasteiger partial charge in [0.2, 0.25) is 0 Å². The second-order valence-electron chi connectivity index (χ2n) is 4.94. The zero-order chi connectivity index (χ0) is 15.6. The highest BCUT2D eigenvalue weighted by Gasteiger charge is 2.15. The summed E-state index contributed by atoms with van der Waals surface area (Å²) in [6, 6.07) is 0. The fraction of sp³-hybridized carbons (Fsp3) is 0.769. The molecule has 0 aromatic carbocycles. The maximum Gasteiger partial charge on any atom is 0.279 e. The second kappa shape index (κ2) is 9.88. The van der Waals surface area contributed by atoms with Crippen molar-refractivity contribution in [2.75, 3.05) is 33.2 Å². The van der Waals surface area contributed by atoms with Gasteiger partial charge in [-0.1, -0.05) is 6.92 Å². The zero-order valence-electron chi connectivity index (χ0n) is 13.0. The number of imidazole rings is 1. The van der Waals surface area contributed by atoms with E-state index in [2.05, 4.69) is 15.0 Å². The van der Waals surface area contributed by atoms with Crippen LogP contribution in [0.1, 0.15) is 26.2 Å². The Labute approximate surface area is 127 Å². The van der Waals surface area contributed by atoms with Gasteiger partial charge in [0.1, 0.15) is 0 Å². The standard InChI is InChI=1S/C13H27N5O2S/c1-3-14-7-6-10-17(2)21(19,20)16-8-4-5-11-18-12-9-15-13-18/h9,12-14,16H,3-8,10-11H2,1-2H3. The summed E-state index contributed by atoms with van der Waals surface area (Å²) in [4.78, 5) is 3.96. The summed E-state index contributed by atoms with van der Waals surface area (Å²) in [7, 11) is -1.73. The number of hydrogen-bond donors (Lipinski definition) is 2. The molecule has 0 saturated carbocycles. The molecule has 1 rings (SSSR count). The third-order valence-corrected chi connectivity index (χ3v) is 4.75. The van der Waals surface area contributed by atoms with Gasteiger partial charge in [-0.3, -0.25) is 0 Å². The van der Waals surface area contributed by atoms with E-state index in [9.17, 15) is 8.42 Å². The number of rotatable bonds is 12. The molecule has 0 aliphatic heterocycles. The minimum absolute atomic E-state index is 0.467. The first kappa shape index (κ1) is 18.1. The molecule has 0 bridgehead atoms. The van der Waals surface area contributed by atoms with E-state index < -0.39 is 10.2 Å². The molecule has 0 fully saturated rings. The zero-order valence-corrected chi connectivity index (χ0v) is 13.8. The van der Waals surface area contributed by atoms with Crippen LogP contribution in [0.4, 0.5) is 0 Å². The van der Waals surface area contributed by atoms with Crippen LogP contribution in [0.3, 0.4) is 0 Å². The Kier molecular flexibility index (Phi) is 8.51. The minimum atomic E-state index is -3.35. The van der Waals surface area contributed by atoms with E-state index in [0.29, 0.717) is 13.1 Å². The summed E-state index contributed by atoms with van der Waals surface area (Å²) >= 11 is 0. The lowest BCUT2D eigenvalue weighted by Crippen LogP contribution is -2.39. The van der Waals surface area contributed by atoms with Crippen LogP contribution >= 0.6 is 0 Å². The van der Waals surface area contributed by atoms with Gasteiger partial charge in [0.25, 0.3) is 10.2 Å². The predicted molar refractivity (Wildman–Crippen MR) is 84.2 cm³/mol. The number of unbranched alkanes of at least 4 members (excludes halogenated alkanes) is 1. The fourth-order valence-electron chi connectivity index (χ4n) is 1.87. The first-order chi connectivity index (χ1) is 10.1. The SMILES string of the molecule is CCNCCCN(C)S(=O)(=O)NCCCCn1ccnc1. The molecule has 0 saturated heterocycles. The average Bonchev–Trinajstić information content (AvgIpc) is 2.96. The Morgan fingerprint density at radius 3 is 2.71 bits per heavy atom. The van der Waals surface area contributed by atoms with Gasteiger partial charge in [0, 0.05) is 39.1 Å². The molecule has 0 atom stereocenters. The normalized spacial score (nSPS) is 12.1. The molecule has 0 spiro atoms. The molecule has 1 aromatic rings. The van der Waals surface area contributed by atoms with Gasteiger partial charge in [-0.25, -0.2) is 9.71 Å². The number of aromatic nitrogens is 2. The van der Waals surface area contributed by atoms with Crippen LogP contribution in [0.15, 0.2) is 18.7 Å².